The van der Waals surface area contributed by atoms with Crippen LogP contribution in [0.1, 0.15) is 29.5 Å². The highest BCUT2D eigenvalue weighted by molar-refractivity contribution is 5.87. The third-order valence-electron chi connectivity index (χ3n) is 6.55. The Kier molecular flexibility index (Phi) is 8.70. The van der Waals surface area contributed by atoms with Crippen molar-refractivity contribution < 1.29 is 18.5 Å². The van der Waals surface area contributed by atoms with Gasteiger partial charge in [-0.1, -0.05) is 24.2 Å². The van der Waals surface area contributed by atoms with E-state index in [9.17, 15) is 14.0 Å². The van der Waals surface area contributed by atoms with E-state index >= 15 is 0 Å². The number of anilines is 1. The molecule has 0 aliphatic carbocycles. The second-order valence-electron chi connectivity index (χ2n) is 9.32. The number of aryl methyl sites for hydroxylation is 2. The number of carbonyl (C=O) groups is 2. The number of benzene rings is 2. The summed E-state index contributed by atoms with van der Waals surface area (Å²) in [5, 5.41) is 13.4. The van der Waals surface area contributed by atoms with Gasteiger partial charge in [-0.2, -0.15) is 4.98 Å². The maximum Gasteiger partial charge on any atom is 0.256 e. The second kappa shape index (κ2) is 12.1. The molecule has 0 unspecified atom stereocenters. The monoisotopic (exact) mass is 523 g/mol. The summed E-state index contributed by atoms with van der Waals surface area (Å²) in [5.74, 6) is 0.271. The van der Waals surface area contributed by atoms with Crippen LogP contribution in [-0.4, -0.2) is 71.7 Å². The van der Waals surface area contributed by atoms with Gasteiger partial charge >= 0.3 is 0 Å². The molecule has 0 fully saturated rings. The van der Waals surface area contributed by atoms with Crippen LogP contribution in [0.15, 0.2) is 40.9 Å². The first-order valence-electron chi connectivity index (χ1n) is 12.7. The largest absolute Gasteiger partial charge is 0.353 e. The Hall–Kier alpha value is -3.83. The molecule has 2 heterocycles. The minimum atomic E-state index is -0.269. The molecule has 0 radical (unpaired) electrons. The van der Waals surface area contributed by atoms with Gasteiger partial charge in [0.05, 0.1) is 13.1 Å². The Morgan fingerprint density at radius 3 is 2.63 bits per heavy atom. The zero-order valence-electron chi connectivity index (χ0n) is 22.3. The van der Waals surface area contributed by atoms with Gasteiger partial charge in [-0.25, -0.2) is 9.40 Å². The number of rotatable bonds is 11. The van der Waals surface area contributed by atoms with Crippen molar-refractivity contribution in [2.24, 2.45) is 0 Å². The lowest BCUT2D eigenvalue weighted by molar-refractivity contribution is -0.145. The molecular formula is C27H34FN7O3. The van der Waals surface area contributed by atoms with Crippen molar-refractivity contribution in [3.63, 3.8) is 0 Å². The first kappa shape index (κ1) is 27.2. The molecule has 10 nitrogen and oxygen atoms in total. The molecular weight excluding hydrogens is 489 g/mol. The van der Waals surface area contributed by atoms with Crippen LogP contribution in [0, 0.1) is 19.7 Å². The topological polar surface area (TPSA) is 107 Å². The number of hydrogen-bond donors (Lipinski definition) is 2. The van der Waals surface area contributed by atoms with E-state index in [2.05, 4.69) is 20.8 Å². The molecule has 0 saturated heterocycles. The van der Waals surface area contributed by atoms with Gasteiger partial charge in [-0.3, -0.25) is 14.6 Å². The molecule has 3 aromatic rings. The molecule has 0 spiro atoms. The molecule has 38 heavy (non-hydrogen) atoms. The van der Waals surface area contributed by atoms with Gasteiger partial charge in [-0.05, 0) is 48.9 Å². The summed E-state index contributed by atoms with van der Waals surface area (Å²) in [6.45, 7) is 8.33. The van der Waals surface area contributed by atoms with Crippen LogP contribution in [-0.2, 0) is 22.7 Å². The van der Waals surface area contributed by atoms with Crippen LogP contribution in [0.3, 0.4) is 0 Å². The van der Waals surface area contributed by atoms with Gasteiger partial charge < -0.3 is 20.1 Å². The Labute approximate surface area is 221 Å². The Balaban J connectivity index is 1.50. The molecule has 0 atom stereocenters. The average Bonchev–Trinajstić information content (AvgIpc) is 3.53. The second-order valence-corrected chi connectivity index (χ2v) is 9.32. The van der Waals surface area contributed by atoms with Crippen molar-refractivity contribution in [2.75, 3.05) is 44.7 Å². The third kappa shape index (κ3) is 6.35. The standard InChI is InChI=1S/C27H34FN7O3/c1-5-29-11-12-30-25(36)16-34(24-10-9-20(13-18(24)2)27-31-19(3)38-32-27)17-26(37)33(4)35-14-21-7-6-8-23(28)22(21)15-35/h6-10,13,29H,5,11-12,14-17H2,1-4H3,(H,30,36). The van der Waals surface area contributed by atoms with Gasteiger partial charge in [0.2, 0.25) is 17.6 Å². The molecule has 2 aromatic carbocycles. The summed E-state index contributed by atoms with van der Waals surface area (Å²) in [4.78, 5) is 32.2. The number of hydrogen-bond acceptors (Lipinski definition) is 8. The number of hydrazine groups is 1. The molecule has 0 saturated carbocycles. The first-order chi connectivity index (χ1) is 18.3. The highest BCUT2D eigenvalue weighted by Gasteiger charge is 2.28. The van der Waals surface area contributed by atoms with Gasteiger partial charge in [0, 0.05) is 57.0 Å². The summed E-state index contributed by atoms with van der Waals surface area (Å²) in [6, 6.07) is 10.6. The number of halogens is 1. The highest BCUT2D eigenvalue weighted by atomic mass is 19.1. The summed E-state index contributed by atoms with van der Waals surface area (Å²) >= 11 is 0. The van der Waals surface area contributed by atoms with E-state index < -0.39 is 0 Å². The van der Waals surface area contributed by atoms with E-state index in [-0.39, 0.29) is 30.7 Å². The Morgan fingerprint density at radius 2 is 1.95 bits per heavy atom. The number of likely N-dealkylation sites (N-methyl/N-ethyl adjacent to an activating group) is 2. The van der Waals surface area contributed by atoms with Crippen molar-refractivity contribution in [2.45, 2.75) is 33.9 Å². The molecule has 0 bridgehead atoms. The average molecular weight is 524 g/mol. The zero-order chi connectivity index (χ0) is 27.2. The van der Waals surface area contributed by atoms with Crippen molar-refractivity contribution in [1.29, 1.82) is 0 Å². The molecule has 202 valence electrons. The predicted molar refractivity (Wildman–Crippen MR) is 141 cm³/mol. The molecule has 1 aliphatic heterocycles. The van der Waals surface area contributed by atoms with Crippen molar-refractivity contribution in [3.05, 3.63) is 64.8 Å². The van der Waals surface area contributed by atoms with E-state index in [4.69, 9.17) is 4.52 Å². The number of nitrogens with zero attached hydrogens (tertiary/aromatic N) is 5. The van der Waals surface area contributed by atoms with E-state index in [1.165, 1.54) is 11.1 Å². The fraction of sp³-hybridized carbons (Fsp3) is 0.407. The van der Waals surface area contributed by atoms with Crippen LogP contribution in [0.4, 0.5) is 10.1 Å². The third-order valence-corrected chi connectivity index (χ3v) is 6.55. The molecule has 4 rings (SSSR count). The van der Waals surface area contributed by atoms with Crippen LogP contribution in [0.5, 0.6) is 0 Å². The zero-order valence-corrected chi connectivity index (χ0v) is 22.3. The Bertz CT molecular complexity index is 1300. The van der Waals surface area contributed by atoms with E-state index in [0.717, 1.165) is 28.9 Å². The van der Waals surface area contributed by atoms with Crippen molar-refractivity contribution >= 4 is 17.5 Å². The van der Waals surface area contributed by atoms with Gasteiger partial charge in [0.25, 0.3) is 5.91 Å². The summed E-state index contributed by atoms with van der Waals surface area (Å²) in [6.07, 6.45) is 0. The SMILES string of the molecule is CCNCCNC(=O)CN(CC(=O)N(C)N1Cc2cccc(F)c2C1)c1ccc(-c2noc(C)n2)cc1C. The predicted octanol–water partition coefficient (Wildman–Crippen LogP) is 2.41. The number of nitrogens with one attached hydrogen (secondary N) is 2. The maximum absolute atomic E-state index is 14.3. The van der Waals surface area contributed by atoms with Crippen LogP contribution >= 0.6 is 0 Å². The van der Waals surface area contributed by atoms with Crippen LogP contribution in [0.2, 0.25) is 0 Å². The molecule has 1 aromatic heterocycles. The number of carbonyl (C=O) groups excluding carboxylic acids is 2. The van der Waals surface area contributed by atoms with Crippen molar-refractivity contribution in [3.8, 4) is 11.4 Å². The van der Waals surface area contributed by atoms with Crippen LogP contribution in [0.25, 0.3) is 11.4 Å². The number of amides is 2. The minimum absolute atomic E-state index is 0.00205. The quantitative estimate of drug-likeness (QED) is 0.369. The molecule has 1 aliphatic rings. The van der Waals surface area contributed by atoms with Crippen LogP contribution < -0.4 is 15.5 Å². The number of fused-ring (bicyclic) bond motifs is 1. The first-order valence-corrected chi connectivity index (χ1v) is 12.7. The van der Waals surface area contributed by atoms with E-state index in [0.29, 0.717) is 43.5 Å². The summed E-state index contributed by atoms with van der Waals surface area (Å²) < 4.78 is 19.3. The minimum Gasteiger partial charge on any atom is -0.353 e. The lowest BCUT2D eigenvalue weighted by Gasteiger charge is -2.32. The number of aromatic nitrogens is 2. The fourth-order valence-corrected chi connectivity index (χ4v) is 4.49. The maximum atomic E-state index is 14.3. The summed E-state index contributed by atoms with van der Waals surface area (Å²) in [5.41, 5.74) is 3.85. The van der Waals surface area contributed by atoms with Gasteiger partial charge in [0.15, 0.2) is 0 Å². The van der Waals surface area contributed by atoms with E-state index in [1.807, 2.05) is 38.1 Å². The fourth-order valence-electron chi connectivity index (χ4n) is 4.49. The smallest absolute Gasteiger partial charge is 0.256 e. The normalized spacial score (nSPS) is 12.9. The lowest BCUT2D eigenvalue weighted by Crippen LogP contribution is -2.48. The Morgan fingerprint density at radius 1 is 1.13 bits per heavy atom. The summed E-state index contributed by atoms with van der Waals surface area (Å²) in [7, 11) is 1.68. The van der Waals surface area contributed by atoms with Crippen molar-refractivity contribution in [1.82, 2.24) is 30.8 Å². The van der Waals surface area contributed by atoms with E-state index in [1.54, 1.807) is 29.9 Å². The van der Waals surface area contributed by atoms with Gasteiger partial charge in [0.1, 0.15) is 5.82 Å². The highest BCUT2D eigenvalue weighted by Crippen LogP contribution is 2.28. The molecule has 2 amide bonds. The molecule has 11 heteroatoms. The molecule has 2 N–H and O–H groups in total. The van der Waals surface area contributed by atoms with Gasteiger partial charge in [-0.15, -0.1) is 0 Å². The lowest BCUT2D eigenvalue weighted by atomic mass is 10.1.